The van der Waals surface area contributed by atoms with Crippen LogP contribution < -0.4 is 9.99 Å². The molecule has 0 spiro atoms. The lowest BCUT2D eigenvalue weighted by atomic mass is 10.1. The molecule has 0 saturated heterocycles. The molecule has 0 saturated carbocycles. The molecular formula is C20H19ClN5O3S+. The number of aromatic nitrogens is 3. The molecule has 0 bridgehead atoms. The van der Waals surface area contributed by atoms with Gasteiger partial charge in [-0.3, -0.25) is 4.79 Å². The molecule has 0 radical (unpaired) electrons. The number of nitrogens with zero attached hydrogens (tertiary/aromatic N) is 3. The van der Waals surface area contributed by atoms with Gasteiger partial charge in [0.1, 0.15) is 0 Å². The summed E-state index contributed by atoms with van der Waals surface area (Å²) >= 11 is 7.24. The van der Waals surface area contributed by atoms with Gasteiger partial charge in [-0.2, -0.15) is 5.10 Å². The van der Waals surface area contributed by atoms with Gasteiger partial charge in [-0.05, 0) is 60.6 Å². The van der Waals surface area contributed by atoms with Crippen LogP contribution in [0.3, 0.4) is 0 Å². The number of carbonyl (C=O) groups excluding carboxylic acids is 1. The van der Waals surface area contributed by atoms with E-state index in [4.69, 9.17) is 16.7 Å². The Kier molecular flexibility index (Phi) is 7.21. The second kappa shape index (κ2) is 10.0. The Hall–Kier alpha value is -3.17. The summed E-state index contributed by atoms with van der Waals surface area (Å²) in [4.78, 5) is 22.9. The van der Waals surface area contributed by atoms with E-state index < -0.39 is 5.97 Å². The van der Waals surface area contributed by atoms with Crippen LogP contribution in [-0.4, -0.2) is 39.1 Å². The minimum atomic E-state index is -0.995. The number of amides is 1. The molecule has 30 heavy (non-hydrogen) atoms. The first-order valence-corrected chi connectivity index (χ1v) is 10.4. The molecule has 3 rings (SSSR count). The maximum absolute atomic E-state index is 12.1. The monoisotopic (exact) mass is 444 g/mol. The summed E-state index contributed by atoms with van der Waals surface area (Å²) in [6, 6.07) is 13.6. The van der Waals surface area contributed by atoms with Crippen molar-refractivity contribution in [1.29, 1.82) is 0 Å². The average molecular weight is 445 g/mol. The quantitative estimate of drug-likeness (QED) is 0.214. The third kappa shape index (κ3) is 5.46. The first-order valence-electron chi connectivity index (χ1n) is 9.00. The molecule has 10 heteroatoms. The Morgan fingerprint density at radius 2 is 1.93 bits per heavy atom. The highest BCUT2D eigenvalue weighted by atomic mass is 35.5. The highest BCUT2D eigenvalue weighted by molar-refractivity contribution is 7.99. The number of benzene rings is 2. The second-order valence-electron chi connectivity index (χ2n) is 6.11. The van der Waals surface area contributed by atoms with Gasteiger partial charge < -0.3 is 5.11 Å². The fourth-order valence-electron chi connectivity index (χ4n) is 2.60. The van der Waals surface area contributed by atoms with Crippen LogP contribution in [-0.2, 0) is 11.3 Å². The minimum Gasteiger partial charge on any atom is -0.478 e. The van der Waals surface area contributed by atoms with Gasteiger partial charge in [0, 0.05) is 5.02 Å². The van der Waals surface area contributed by atoms with Gasteiger partial charge in [0.2, 0.25) is 0 Å². The second-order valence-corrected chi connectivity index (χ2v) is 7.49. The SMILES string of the molecule is CC[n+]1c(SCC(=O)NN=Cc2ccc(C(=O)O)cc2)n[nH]c1-c1ccc(Cl)cc1. The molecule has 154 valence electrons. The number of rotatable bonds is 8. The number of hydrogen-bond acceptors (Lipinski definition) is 5. The van der Waals surface area contributed by atoms with Gasteiger partial charge in [0.15, 0.2) is 0 Å². The molecule has 1 heterocycles. The summed E-state index contributed by atoms with van der Waals surface area (Å²) in [5.41, 5.74) is 4.27. The van der Waals surface area contributed by atoms with E-state index in [0.717, 1.165) is 11.4 Å². The highest BCUT2D eigenvalue weighted by Crippen LogP contribution is 2.19. The summed E-state index contributed by atoms with van der Waals surface area (Å²) in [7, 11) is 0. The van der Waals surface area contributed by atoms with Crippen LogP contribution in [0.25, 0.3) is 11.4 Å². The zero-order valence-corrected chi connectivity index (χ0v) is 17.6. The summed E-state index contributed by atoms with van der Waals surface area (Å²) in [6.45, 7) is 2.68. The zero-order valence-electron chi connectivity index (χ0n) is 16.0. The molecule has 3 N–H and O–H groups in total. The van der Waals surface area contributed by atoms with Crippen LogP contribution in [0.15, 0.2) is 58.8 Å². The molecule has 0 aliphatic rings. The highest BCUT2D eigenvalue weighted by Gasteiger charge is 2.21. The number of aromatic carboxylic acids is 1. The number of aromatic amines is 1. The molecule has 0 aliphatic heterocycles. The molecular weight excluding hydrogens is 426 g/mol. The fraction of sp³-hybridized carbons (Fsp3) is 0.150. The van der Waals surface area contributed by atoms with Crippen molar-refractivity contribution in [1.82, 2.24) is 15.6 Å². The largest absolute Gasteiger partial charge is 0.478 e. The van der Waals surface area contributed by atoms with Crippen LogP contribution in [0.2, 0.25) is 5.02 Å². The molecule has 8 nitrogen and oxygen atoms in total. The van der Waals surface area contributed by atoms with Gasteiger partial charge in [-0.1, -0.05) is 23.7 Å². The number of hydrazone groups is 1. The van der Waals surface area contributed by atoms with E-state index in [9.17, 15) is 9.59 Å². The summed E-state index contributed by atoms with van der Waals surface area (Å²) in [5.74, 6) is -0.303. The van der Waals surface area contributed by atoms with Crippen LogP contribution in [0, 0.1) is 0 Å². The molecule has 0 aliphatic carbocycles. The maximum Gasteiger partial charge on any atom is 0.337 e. The van der Waals surface area contributed by atoms with Crippen molar-refractivity contribution in [3.63, 3.8) is 0 Å². The van der Waals surface area contributed by atoms with E-state index in [2.05, 4.69) is 20.7 Å². The van der Waals surface area contributed by atoms with Crippen molar-refractivity contribution in [2.24, 2.45) is 5.10 Å². The van der Waals surface area contributed by atoms with E-state index in [1.807, 2.05) is 35.8 Å². The molecule has 0 unspecified atom stereocenters. The van der Waals surface area contributed by atoms with Gasteiger partial charge in [-0.15, -0.1) is 5.10 Å². The Morgan fingerprint density at radius 3 is 2.57 bits per heavy atom. The maximum atomic E-state index is 12.1. The van der Waals surface area contributed by atoms with Gasteiger partial charge in [0.25, 0.3) is 11.7 Å². The number of hydrogen-bond donors (Lipinski definition) is 3. The standard InChI is InChI=1S/C20H18ClN5O3S/c1-2-26-18(14-7-9-16(21)10-8-14)24-25-20(26)30-12-17(27)23-22-11-13-3-5-15(6-4-13)19(28)29/h3-11H,2,12H2,1H3,(H2,23,27,28,29)/p+1. The van der Waals surface area contributed by atoms with Crippen molar-refractivity contribution in [3.05, 3.63) is 64.7 Å². The predicted molar refractivity (Wildman–Crippen MR) is 115 cm³/mol. The summed E-state index contributed by atoms with van der Waals surface area (Å²) in [5, 5.41) is 21.4. The Bertz CT molecular complexity index is 1070. The number of thioether (sulfide) groups is 1. The summed E-state index contributed by atoms with van der Waals surface area (Å²) in [6.07, 6.45) is 1.45. The fourth-order valence-corrected chi connectivity index (χ4v) is 3.54. The molecule has 1 amide bonds. The lowest BCUT2D eigenvalue weighted by Crippen LogP contribution is -2.36. The van der Waals surface area contributed by atoms with Crippen molar-refractivity contribution in [2.75, 3.05) is 5.75 Å². The average Bonchev–Trinajstić information content (AvgIpc) is 3.16. The van der Waals surface area contributed by atoms with Crippen molar-refractivity contribution < 1.29 is 19.3 Å². The van der Waals surface area contributed by atoms with Gasteiger partial charge >= 0.3 is 11.1 Å². The number of carboxylic acid groups (broad SMARTS) is 1. The number of H-pyrrole nitrogens is 1. The van der Waals surface area contributed by atoms with Crippen LogP contribution in [0.4, 0.5) is 0 Å². The van der Waals surface area contributed by atoms with Gasteiger partial charge in [0.05, 0.1) is 34.7 Å². The van der Waals surface area contributed by atoms with Crippen molar-refractivity contribution in [2.45, 2.75) is 18.6 Å². The third-order valence-corrected chi connectivity index (χ3v) is 5.31. The van der Waals surface area contributed by atoms with Crippen LogP contribution in [0.5, 0.6) is 0 Å². The molecule has 0 atom stereocenters. The van der Waals surface area contributed by atoms with Crippen LogP contribution in [0.1, 0.15) is 22.8 Å². The number of nitrogens with one attached hydrogen (secondary N) is 2. The molecule has 1 aromatic heterocycles. The van der Waals surface area contributed by atoms with Crippen LogP contribution >= 0.6 is 23.4 Å². The number of carboxylic acids is 1. The number of halogens is 1. The summed E-state index contributed by atoms with van der Waals surface area (Å²) < 4.78 is 1.98. The lowest BCUT2D eigenvalue weighted by molar-refractivity contribution is -0.719. The lowest BCUT2D eigenvalue weighted by Gasteiger charge is -2.01. The predicted octanol–water partition coefficient (Wildman–Crippen LogP) is 2.98. The van der Waals surface area contributed by atoms with E-state index in [1.165, 1.54) is 30.1 Å². The number of carbonyl (C=O) groups is 2. The van der Waals surface area contributed by atoms with E-state index in [-0.39, 0.29) is 17.2 Å². The Balaban J connectivity index is 1.57. The first-order chi connectivity index (χ1) is 14.5. The Labute approximate surface area is 182 Å². The van der Waals surface area contributed by atoms with E-state index in [0.29, 0.717) is 22.3 Å². The first kappa shape index (κ1) is 21.5. The molecule has 0 fully saturated rings. The van der Waals surface area contributed by atoms with E-state index >= 15 is 0 Å². The van der Waals surface area contributed by atoms with Crippen molar-refractivity contribution in [3.8, 4) is 11.4 Å². The molecule has 3 aromatic rings. The smallest absolute Gasteiger partial charge is 0.337 e. The third-order valence-electron chi connectivity index (χ3n) is 4.09. The normalized spacial score (nSPS) is 11.0. The Morgan fingerprint density at radius 1 is 1.23 bits per heavy atom. The molecule has 2 aromatic carbocycles. The zero-order chi connectivity index (χ0) is 21.5. The topological polar surface area (TPSA) is 111 Å². The van der Waals surface area contributed by atoms with Gasteiger partial charge in [-0.25, -0.2) is 14.8 Å². The van der Waals surface area contributed by atoms with E-state index in [1.54, 1.807) is 12.1 Å². The van der Waals surface area contributed by atoms with Crippen molar-refractivity contribution >= 4 is 41.5 Å². The minimum absolute atomic E-state index is 0.139.